The Morgan fingerprint density at radius 3 is 2.33 bits per heavy atom. The van der Waals surface area contributed by atoms with Gasteiger partial charge in [-0.2, -0.15) is 0 Å². The number of anilines is 1. The van der Waals surface area contributed by atoms with Crippen LogP contribution >= 0.6 is 12.2 Å². The Labute approximate surface area is 109 Å². The van der Waals surface area contributed by atoms with E-state index in [2.05, 4.69) is 10.6 Å². The number of thiocarbonyl (C=S) groups is 1. The van der Waals surface area contributed by atoms with Crippen molar-refractivity contribution in [2.75, 3.05) is 19.0 Å². The average molecular weight is 265 g/mol. The van der Waals surface area contributed by atoms with E-state index in [-0.39, 0.29) is 10.7 Å². The summed E-state index contributed by atoms with van der Waals surface area (Å²) in [6, 6.07) is 3.42. The number of carbonyl (C=O) groups is 2. The van der Waals surface area contributed by atoms with E-state index in [0.717, 1.165) is 0 Å². The lowest BCUT2D eigenvalue weighted by Gasteiger charge is -2.15. The van der Waals surface area contributed by atoms with Crippen molar-refractivity contribution in [3.05, 3.63) is 23.5 Å². The molecule has 2 rings (SSSR count). The van der Waals surface area contributed by atoms with Crippen LogP contribution in [0.2, 0.25) is 0 Å². The summed E-state index contributed by atoms with van der Waals surface area (Å²) in [6.45, 7) is 0. The van der Waals surface area contributed by atoms with Crippen molar-refractivity contribution < 1.29 is 14.0 Å². The third-order valence-electron chi connectivity index (χ3n) is 2.28. The number of nitrogens with zero attached hydrogens (tertiary/aromatic N) is 1. The molecule has 0 bridgehead atoms. The minimum absolute atomic E-state index is 0.00979. The molecule has 0 unspecified atom stereocenters. The number of nitrogens with one attached hydrogen (secondary N) is 2. The maximum Gasteiger partial charge on any atom is 0.263 e. The molecule has 1 aromatic heterocycles. The Balaban J connectivity index is 2.28. The molecule has 1 saturated heterocycles. The molecule has 0 saturated carbocycles. The Morgan fingerprint density at radius 2 is 1.83 bits per heavy atom. The van der Waals surface area contributed by atoms with Crippen LogP contribution in [0.15, 0.2) is 22.1 Å². The van der Waals surface area contributed by atoms with Crippen LogP contribution in [0.1, 0.15) is 5.76 Å². The summed E-state index contributed by atoms with van der Waals surface area (Å²) < 4.78 is 5.43. The van der Waals surface area contributed by atoms with Crippen LogP contribution in [0.3, 0.4) is 0 Å². The summed E-state index contributed by atoms with van der Waals surface area (Å²) in [5.41, 5.74) is -0.0387. The van der Waals surface area contributed by atoms with Crippen LogP contribution < -0.4 is 15.5 Å². The molecule has 2 N–H and O–H groups in total. The molecule has 0 aliphatic carbocycles. The third-order valence-corrected chi connectivity index (χ3v) is 2.49. The maximum absolute atomic E-state index is 11.6. The highest BCUT2D eigenvalue weighted by Crippen LogP contribution is 2.18. The van der Waals surface area contributed by atoms with E-state index in [1.54, 1.807) is 17.0 Å². The number of hydrogen-bond acceptors (Lipinski definition) is 5. The summed E-state index contributed by atoms with van der Waals surface area (Å²) in [7, 11) is 3.66. The Morgan fingerprint density at radius 1 is 1.22 bits per heavy atom. The smallest absolute Gasteiger partial charge is 0.263 e. The molecule has 1 fully saturated rings. The van der Waals surface area contributed by atoms with Crippen LogP contribution in [0.5, 0.6) is 0 Å². The first-order valence-corrected chi connectivity index (χ1v) is 5.53. The second-order valence-corrected chi connectivity index (χ2v) is 4.27. The first-order chi connectivity index (χ1) is 8.47. The van der Waals surface area contributed by atoms with Gasteiger partial charge in [-0.15, -0.1) is 0 Å². The predicted octanol–water partition coefficient (Wildman–Crippen LogP) is 0.260. The van der Waals surface area contributed by atoms with Gasteiger partial charge in [0.15, 0.2) is 11.0 Å². The Bertz CT molecular complexity index is 538. The predicted molar refractivity (Wildman–Crippen MR) is 69.9 cm³/mol. The van der Waals surface area contributed by atoms with E-state index >= 15 is 0 Å². The van der Waals surface area contributed by atoms with E-state index in [1.807, 2.05) is 14.1 Å². The second kappa shape index (κ2) is 4.61. The molecule has 6 nitrogen and oxygen atoms in total. The van der Waals surface area contributed by atoms with Gasteiger partial charge in [-0.1, -0.05) is 0 Å². The van der Waals surface area contributed by atoms with Gasteiger partial charge in [-0.25, -0.2) is 0 Å². The van der Waals surface area contributed by atoms with Gasteiger partial charge in [0.05, 0.1) is 0 Å². The summed E-state index contributed by atoms with van der Waals surface area (Å²) in [6.07, 6.45) is 1.37. The fraction of sp³-hybridized carbons (Fsp3) is 0.182. The molecule has 2 amide bonds. The van der Waals surface area contributed by atoms with E-state index < -0.39 is 11.8 Å². The topological polar surface area (TPSA) is 74.6 Å². The second-order valence-electron chi connectivity index (χ2n) is 3.87. The molecule has 0 radical (unpaired) electrons. The molecule has 0 aromatic carbocycles. The van der Waals surface area contributed by atoms with Crippen LogP contribution in [0.25, 0.3) is 6.08 Å². The summed E-state index contributed by atoms with van der Waals surface area (Å²) in [4.78, 5) is 24.9. The Hall–Kier alpha value is -2.15. The number of amides is 2. The lowest BCUT2D eigenvalue weighted by Crippen LogP contribution is -2.51. The van der Waals surface area contributed by atoms with Crippen LogP contribution in [0, 0.1) is 0 Å². The zero-order chi connectivity index (χ0) is 13.3. The lowest BCUT2D eigenvalue weighted by atomic mass is 10.1. The van der Waals surface area contributed by atoms with Crippen LogP contribution in [0.4, 0.5) is 5.88 Å². The Kier molecular flexibility index (Phi) is 3.15. The van der Waals surface area contributed by atoms with Gasteiger partial charge in [0, 0.05) is 20.2 Å². The minimum Gasteiger partial charge on any atom is -0.441 e. The molecule has 1 aliphatic heterocycles. The zero-order valence-electron chi connectivity index (χ0n) is 9.81. The number of furan rings is 1. The largest absolute Gasteiger partial charge is 0.441 e. The first-order valence-electron chi connectivity index (χ1n) is 5.13. The van der Waals surface area contributed by atoms with Crippen molar-refractivity contribution in [1.82, 2.24) is 10.6 Å². The van der Waals surface area contributed by atoms with Crippen LogP contribution in [-0.2, 0) is 9.59 Å². The SMILES string of the molecule is CN(C)c1ccc(C=C2C(=O)NC(=S)NC2=O)o1. The molecule has 18 heavy (non-hydrogen) atoms. The van der Waals surface area contributed by atoms with Crippen molar-refractivity contribution in [2.45, 2.75) is 0 Å². The molecular weight excluding hydrogens is 254 g/mol. The van der Waals surface area contributed by atoms with Gasteiger partial charge in [0.25, 0.3) is 11.8 Å². The van der Waals surface area contributed by atoms with Gasteiger partial charge < -0.3 is 9.32 Å². The molecule has 94 valence electrons. The average Bonchev–Trinajstić information content (AvgIpc) is 2.71. The fourth-order valence-corrected chi connectivity index (χ4v) is 1.59. The van der Waals surface area contributed by atoms with Crippen molar-refractivity contribution in [2.24, 2.45) is 0 Å². The van der Waals surface area contributed by atoms with Gasteiger partial charge in [0.2, 0.25) is 0 Å². The van der Waals surface area contributed by atoms with Crippen molar-refractivity contribution >= 4 is 41.1 Å². The molecule has 1 aliphatic rings. The fourth-order valence-electron chi connectivity index (χ4n) is 1.41. The standard InChI is InChI=1S/C11H11N3O3S/c1-14(2)8-4-3-6(17-8)5-7-9(15)12-11(18)13-10(7)16/h3-5H,1-2H3,(H2,12,13,15,16,18). The van der Waals surface area contributed by atoms with E-state index in [4.69, 9.17) is 16.6 Å². The highest BCUT2D eigenvalue weighted by molar-refractivity contribution is 7.80. The molecule has 2 heterocycles. The molecular formula is C11H11N3O3S. The van der Waals surface area contributed by atoms with Gasteiger partial charge in [0.1, 0.15) is 11.3 Å². The summed E-state index contributed by atoms with van der Waals surface area (Å²) in [5.74, 6) is -0.0149. The maximum atomic E-state index is 11.6. The normalized spacial score (nSPS) is 15.2. The van der Waals surface area contributed by atoms with E-state index in [1.165, 1.54) is 6.08 Å². The van der Waals surface area contributed by atoms with Crippen molar-refractivity contribution in [1.29, 1.82) is 0 Å². The number of rotatable bonds is 2. The number of carbonyl (C=O) groups excluding carboxylic acids is 2. The first kappa shape index (κ1) is 12.3. The van der Waals surface area contributed by atoms with Gasteiger partial charge >= 0.3 is 0 Å². The monoisotopic (exact) mass is 265 g/mol. The molecule has 0 spiro atoms. The molecule has 7 heteroatoms. The van der Waals surface area contributed by atoms with Gasteiger partial charge in [-0.3, -0.25) is 20.2 Å². The van der Waals surface area contributed by atoms with E-state index in [9.17, 15) is 9.59 Å². The summed E-state index contributed by atoms with van der Waals surface area (Å²) in [5, 5.41) is 4.71. The zero-order valence-corrected chi connectivity index (χ0v) is 10.6. The van der Waals surface area contributed by atoms with E-state index in [0.29, 0.717) is 11.6 Å². The van der Waals surface area contributed by atoms with Crippen LogP contribution in [-0.4, -0.2) is 31.0 Å². The minimum atomic E-state index is -0.536. The molecule has 1 aromatic rings. The van der Waals surface area contributed by atoms with Gasteiger partial charge in [-0.05, 0) is 24.4 Å². The van der Waals surface area contributed by atoms with Crippen molar-refractivity contribution in [3.63, 3.8) is 0 Å². The number of hydrogen-bond donors (Lipinski definition) is 2. The highest BCUT2D eigenvalue weighted by Gasteiger charge is 2.26. The summed E-state index contributed by atoms with van der Waals surface area (Å²) >= 11 is 4.69. The van der Waals surface area contributed by atoms with Crippen molar-refractivity contribution in [3.8, 4) is 0 Å². The highest BCUT2D eigenvalue weighted by atomic mass is 32.1. The molecule has 0 atom stereocenters. The quantitative estimate of drug-likeness (QED) is 0.456. The lowest BCUT2D eigenvalue weighted by molar-refractivity contribution is -0.123. The third kappa shape index (κ3) is 2.40.